The molecule has 5 nitrogen and oxygen atoms in total. The number of carbonyl (C=O) groups is 2. The van der Waals surface area contributed by atoms with E-state index < -0.39 is 17.7 Å². The molecule has 26 heavy (non-hydrogen) atoms. The number of aliphatic hydroxyl groups is 1. The van der Waals surface area contributed by atoms with Crippen LogP contribution in [-0.4, -0.2) is 33.3 Å². The Morgan fingerprint density at radius 1 is 1.04 bits per heavy atom. The smallest absolute Gasteiger partial charge is 0.295 e. The summed E-state index contributed by atoms with van der Waals surface area (Å²) in [7, 11) is 0. The SMILES string of the molecule is CC(C)CN1C(=O)C(=O)C(=C(O)c2ccccc2)[C@@H]1c1ccc(O)cc1. The van der Waals surface area contributed by atoms with E-state index in [-0.39, 0.29) is 23.0 Å². The van der Waals surface area contributed by atoms with Gasteiger partial charge in [0.2, 0.25) is 0 Å². The summed E-state index contributed by atoms with van der Waals surface area (Å²) < 4.78 is 0. The molecule has 1 amide bonds. The predicted molar refractivity (Wildman–Crippen MR) is 98.4 cm³/mol. The van der Waals surface area contributed by atoms with Gasteiger partial charge >= 0.3 is 0 Å². The van der Waals surface area contributed by atoms with Gasteiger partial charge in [-0.25, -0.2) is 0 Å². The molecular weight excluding hydrogens is 330 g/mol. The van der Waals surface area contributed by atoms with Crippen LogP contribution in [0.3, 0.4) is 0 Å². The second-order valence-electron chi connectivity index (χ2n) is 6.80. The molecule has 2 aromatic carbocycles. The van der Waals surface area contributed by atoms with Crippen molar-refractivity contribution in [2.75, 3.05) is 6.54 Å². The van der Waals surface area contributed by atoms with Gasteiger partial charge in [-0.05, 0) is 23.6 Å². The van der Waals surface area contributed by atoms with Crippen molar-refractivity contribution in [1.82, 2.24) is 4.90 Å². The number of aromatic hydroxyl groups is 1. The number of nitrogens with zero attached hydrogens (tertiary/aromatic N) is 1. The van der Waals surface area contributed by atoms with Crippen LogP contribution in [0.15, 0.2) is 60.2 Å². The summed E-state index contributed by atoms with van der Waals surface area (Å²) in [4.78, 5) is 26.8. The number of likely N-dealkylation sites (tertiary alicyclic amines) is 1. The summed E-state index contributed by atoms with van der Waals surface area (Å²) in [6, 6.07) is 14.4. The zero-order chi connectivity index (χ0) is 18.8. The molecule has 0 aromatic heterocycles. The van der Waals surface area contributed by atoms with E-state index >= 15 is 0 Å². The van der Waals surface area contributed by atoms with Crippen LogP contribution in [0.1, 0.15) is 31.0 Å². The number of phenols is 1. The molecule has 0 aliphatic carbocycles. The van der Waals surface area contributed by atoms with Crippen LogP contribution in [0.5, 0.6) is 5.75 Å². The van der Waals surface area contributed by atoms with Gasteiger partial charge < -0.3 is 15.1 Å². The largest absolute Gasteiger partial charge is 0.508 e. The first-order chi connectivity index (χ1) is 12.4. The number of hydrogen-bond donors (Lipinski definition) is 2. The number of ketones is 1. The number of phenolic OH excluding ortho intramolecular Hbond substituents is 1. The lowest BCUT2D eigenvalue weighted by Gasteiger charge is -2.26. The van der Waals surface area contributed by atoms with Crippen molar-refractivity contribution < 1.29 is 19.8 Å². The van der Waals surface area contributed by atoms with Crippen LogP contribution in [0.25, 0.3) is 5.76 Å². The lowest BCUT2D eigenvalue weighted by atomic mass is 9.95. The maximum atomic E-state index is 12.7. The van der Waals surface area contributed by atoms with Crippen molar-refractivity contribution in [3.05, 3.63) is 71.3 Å². The van der Waals surface area contributed by atoms with E-state index in [9.17, 15) is 19.8 Å². The number of carbonyl (C=O) groups excluding carboxylic acids is 2. The van der Waals surface area contributed by atoms with Crippen molar-refractivity contribution in [3.63, 3.8) is 0 Å². The lowest BCUT2D eigenvalue weighted by molar-refractivity contribution is -0.140. The quantitative estimate of drug-likeness (QED) is 0.502. The van der Waals surface area contributed by atoms with Gasteiger partial charge in [-0.1, -0.05) is 56.3 Å². The zero-order valence-corrected chi connectivity index (χ0v) is 14.7. The Kier molecular flexibility index (Phi) is 4.80. The highest BCUT2D eigenvalue weighted by Crippen LogP contribution is 2.40. The molecule has 2 N–H and O–H groups in total. The third kappa shape index (κ3) is 3.20. The first-order valence-electron chi connectivity index (χ1n) is 8.53. The van der Waals surface area contributed by atoms with Crippen LogP contribution in [0.2, 0.25) is 0 Å². The minimum atomic E-state index is -0.690. The molecule has 1 atom stereocenters. The topological polar surface area (TPSA) is 77.8 Å². The van der Waals surface area contributed by atoms with Crippen molar-refractivity contribution >= 4 is 17.4 Å². The highest BCUT2D eigenvalue weighted by Gasteiger charge is 2.46. The van der Waals surface area contributed by atoms with E-state index in [4.69, 9.17) is 0 Å². The minimum absolute atomic E-state index is 0.0764. The summed E-state index contributed by atoms with van der Waals surface area (Å²) in [5, 5.41) is 20.3. The highest BCUT2D eigenvalue weighted by atomic mass is 16.3. The van der Waals surface area contributed by atoms with Gasteiger partial charge in [0.05, 0.1) is 11.6 Å². The van der Waals surface area contributed by atoms with Crippen LogP contribution in [-0.2, 0) is 9.59 Å². The Labute approximate surface area is 152 Å². The number of aliphatic hydroxyl groups excluding tert-OH is 1. The Bertz CT molecular complexity index is 853. The highest BCUT2D eigenvalue weighted by molar-refractivity contribution is 6.46. The summed E-state index contributed by atoms with van der Waals surface area (Å²) in [6.45, 7) is 4.32. The third-order valence-corrected chi connectivity index (χ3v) is 4.36. The van der Waals surface area contributed by atoms with Gasteiger partial charge in [0.1, 0.15) is 11.5 Å². The number of hydrogen-bond acceptors (Lipinski definition) is 4. The first kappa shape index (κ1) is 17.7. The molecule has 5 heteroatoms. The van der Waals surface area contributed by atoms with E-state index in [0.29, 0.717) is 17.7 Å². The Hall–Kier alpha value is -3.08. The van der Waals surface area contributed by atoms with Gasteiger partial charge in [-0.15, -0.1) is 0 Å². The van der Waals surface area contributed by atoms with E-state index in [1.165, 1.54) is 17.0 Å². The molecule has 0 saturated carbocycles. The van der Waals surface area contributed by atoms with Crippen LogP contribution in [0.4, 0.5) is 0 Å². The monoisotopic (exact) mass is 351 g/mol. The van der Waals surface area contributed by atoms with Crippen molar-refractivity contribution in [1.29, 1.82) is 0 Å². The molecular formula is C21H21NO4. The number of benzene rings is 2. The number of amides is 1. The van der Waals surface area contributed by atoms with Gasteiger partial charge in [-0.3, -0.25) is 9.59 Å². The van der Waals surface area contributed by atoms with E-state index in [2.05, 4.69) is 0 Å². The fraction of sp³-hybridized carbons (Fsp3) is 0.238. The molecule has 2 aromatic rings. The standard InChI is InChI=1S/C21H21NO4/c1-13(2)12-22-18(14-8-10-16(23)11-9-14)17(20(25)21(22)26)19(24)15-6-4-3-5-7-15/h3-11,13,18,23-24H,12H2,1-2H3/t18-/m0/s1. The normalized spacial score (nSPS) is 19.3. The second-order valence-corrected chi connectivity index (χ2v) is 6.80. The molecule has 1 heterocycles. The summed E-state index contributed by atoms with van der Waals surface area (Å²) in [5.74, 6) is -1.24. The maximum absolute atomic E-state index is 12.7. The fourth-order valence-corrected chi connectivity index (χ4v) is 3.22. The summed E-state index contributed by atoms with van der Waals surface area (Å²) in [6.07, 6.45) is 0. The van der Waals surface area contributed by atoms with Crippen LogP contribution >= 0.6 is 0 Å². The minimum Gasteiger partial charge on any atom is -0.508 e. The molecule has 1 fully saturated rings. The Morgan fingerprint density at radius 2 is 1.65 bits per heavy atom. The van der Waals surface area contributed by atoms with Crippen molar-refractivity contribution in [2.45, 2.75) is 19.9 Å². The van der Waals surface area contributed by atoms with Gasteiger partial charge in [0.25, 0.3) is 11.7 Å². The third-order valence-electron chi connectivity index (χ3n) is 4.36. The Morgan fingerprint density at radius 3 is 2.23 bits per heavy atom. The van der Waals surface area contributed by atoms with E-state index in [0.717, 1.165) is 0 Å². The molecule has 1 saturated heterocycles. The first-order valence-corrected chi connectivity index (χ1v) is 8.53. The van der Waals surface area contributed by atoms with Gasteiger partial charge in [0, 0.05) is 12.1 Å². The molecule has 0 radical (unpaired) electrons. The average molecular weight is 351 g/mol. The van der Waals surface area contributed by atoms with Crippen molar-refractivity contribution in [2.24, 2.45) is 5.92 Å². The van der Waals surface area contributed by atoms with E-state index in [1.54, 1.807) is 36.4 Å². The lowest BCUT2D eigenvalue weighted by Crippen LogP contribution is -2.33. The molecule has 0 bridgehead atoms. The molecule has 1 aliphatic rings. The van der Waals surface area contributed by atoms with E-state index in [1.807, 2.05) is 19.9 Å². The Balaban J connectivity index is 2.18. The second kappa shape index (κ2) is 7.04. The average Bonchev–Trinajstić information content (AvgIpc) is 2.87. The molecule has 3 rings (SSSR count). The number of rotatable bonds is 4. The molecule has 0 spiro atoms. The summed E-state index contributed by atoms with van der Waals surface area (Å²) in [5.41, 5.74) is 1.23. The van der Waals surface area contributed by atoms with Gasteiger partial charge in [-0.2, -0.15) is 0 Å². The molecule has 1 aliphatic heterocycles. The maximum Gasteiger partial charge on any atom is 0.295 e. The summed E-state index contributed by atoms with van der Waals surface area (Å²) >= 11 is 0. The van der Waals surface area contributed by atoms with Crippen molar-refractivity contribution in [3.8, 4) is 5.75 Å². The predicted octanol–water partition coefficient (Wildman–Crippen LogP) is 3.47. The van der Waals surface area contributed by atoms with Crippen LogP contribution < -0.4 is 0 Å². The number of Topliss-reactive ketones (excluding diaryl/α,β-unsaturated/α-hetero) is 1. The fourth-order valence-electron chi connectivity index (χ4n) is 3.22. The zero-order valence-electron chi connectivity index (χ0n) is 14.7. The van der Waals surface area contributed by atoms with Crippen LogP contribution in [0, 0.1) is 5.92 Å². The van der Waals surface area contributed by atoms with Gasteiger partial charge in [0.15, 0.2) is 0 Å². The molecule has 134 valence electrons. The molecule has 0 unspecified atom stereocenters.